The van der Waals surface area contributed by atoms with E-state index in [-0.39, 0.29) is 5.91 Å². The third-order valence-electron chi connectivity index (χ3n) is 3.90. The average molecular weight is 325 g/mol. The van der Waals surface area contributed by atoms with Crippen LogP contribution in [0.5, 0.6) is 0 Å². The number of ether oxygens (including phenoxy) is 1. The highest BCUT2D eigenvalue weighted by molar-refractivity contribution is 5.94. The molecule has 0 aliphatic heterocycles. The van der Waals surface area contributed by atoms with Crippen LogP contribution in [0.25, 0.3) is 0 Å². The second-order valence-electron chi connectivity index (χ2n) is 6.04. The van der Waals surface area contributed by atoms with Gasteiger partial charge >= 0.3 is 5.97 Å². The van der Waals surface area contributed by atoms with Crippen molar-refractivity contribution < 1.29 is 14.3 Å². The summed E-state index contributed by atoms with van der Waals surface area (Å²) in [7, 11) is 1.29. The molecule has 0 aromatic heterocycles. The van der Waals surface area contributed by atoms with E-state index in [0.29, 0.717) is 6.54 Å². The van der Waals surface area contributed by atoms with Crippen LogP contribution in [0, 0.1) is 0 Å². The maximum atomic E-state index is 11.4. The molecule has 0 unspecified atom stereocenters. The summed E-state index contributed by atoms with van der Waals surface area (Å²) in [5, 5.41) is 2.76. The van der Waals surface area contributed by atoms with E-state index in [9.17, 15) is 9.59 Å². The molecule has 0 aliphatic carbocycles. The Hall–Kier alpha value is -1.32. The summed E-state index contributed by atoms with van der Waals surface area (Å²) >= 11 is 0. The lowest BCUT2D eigenvalue weighted by Crippen LogP contribution is -2.22. The second-order valence-corrected chi connectivity index (χ2v) is 6.04. The van der Waals surface area contributed by atoms with Crippen LogP contribution >= 0.6 is 0 Å². The molecular weight excluding hydrogens is 290 g/mol. The van der Waals surface area contributed by atoms with Crippen molar-refractivity contribution in [3.63, 3.8) is 0 Å². The summed E-state index contributed by atoms with van der Waals surface area (Å²) in [5.41, 5.74) is 0. The highest BCUT2D eigenvalue weighted by Crippen LogP contribution is 2.11. The fourth-order valence-corrected chi connectivity index (χ4v) is 2.45. The molecule has 4 heteroatoms. The average Bonchev–Trinajstić information content (AvgIpc) is 2.56. The molecule has 0 heterocycles. The van der Waals surface area contributed by atoms with Gasteiger partial charge in [0.25, 0.3) is 0 Å². The van der Waals surface area contributed by atoms with E-state index in [1.165, 1.54) is 77.4 Å². The highest BCUT2D eigenvalue weighted by Gasteiger charge is 1.98. The molecule has 23 heavy (non-hydrogen) atoms. The van der Waals surface area contributed by atoms with E-state index >= 15 is 0 Å². The van der Waals surface area contributed by atoms with E-state index in [4.69, 9.17) is 0 Å². The van der Waals surface area contributed by atoms with Crippen molar-refractivity contribution in [2.45, 2.75) is 84.0 Å². The molecule has 0 aromatic carbocycles. The Bertz CT molecular complexity index is 327. The minimum atomic E-state index is -0.509. The summed E-state index contributed by atoms with van der Waals surface area (Å²) < 4.78 is 4.42. The SMILES string of the molecule is CCCCCCCCCCCCCCNC(=O)C=CC(=O)OC. The van der Waals surface area contributed by atoms with Crippen LogP contribution in [0.3, 0.4) is 0 Å². The zero-order valence-corrected chi connectivity index (χ0v) is 15.1. The fourth-order valence-electron chi connectivity index (χ4n) is 2.45. The van der Waals surface area contributed by atoms with Gasteiger partial charge in [-0.1, -0.05) is 77.6 Å². The van der Waals surface area contributed by atoms with Crippen molar-refractivity contribution in [1.82, 2.24) is 5.32 Å². The number of rotatable bonds is 15. The summed E-state index contributed by atoms with van der Waals surface area (Å²) in [6.45, 7) is 2.92. The first-order valence-corrected chi connectivity index (χ1v) is 9.24. The third-order valence-corrected chi connectivity index (χ3v) is 3.90. The zero-order chi connectivity index (χ0) is 17.2. The Balaban J connectivity index is 3.23. The van der Waals surface area contributed by atoms with Crippen LogP contribution in [-0.4, -0.2) is 25.5 Å². The number of hydrogen-bond acceptors (Lipinski definition) is 3. The molecule has 0 saturated carbocycles. The molecule has 0 saturated heterocycles. The first-order chi connectivity index (χ1) is 11.2. The molecule has 0 fully saturated rings. The molecule has 0 radical (unpaired) electrons. The van der Waals surface area contributed by atoms with E-state index in [1.807, 2.05) is 0 Å². The summed E-state index contributed by atoms with van der Waals surface area (Å²) in [4.78, 5) is 22.2. The first-order valence-electron chi connectivity index (χ1n) is 9.24. The van der Waals surface area contributed by atoms with Gasteiger partial charge in [0.1, 0.15) is 0 Å². The summed E-state index contributed by atoms with van der Waals surface area (Å²) in [6.07, 6.45) is 18.0. The van der Waals surface area contributed by atoms with Gasteiger partial charge in [0.2, 0.25) is 5.91 Å². The third kappa shape index (κ3) is 16.9. The van der Waals surface area contributed by atoms with Crippen LogP contribution < -0.4 is 5.32 Å². The standard InChI is InChI=1S/C19H35NO3/c1-3-4-5-6-7-8-9-10-11-12-13-14-17-20-18(21)15-16-19(22)23-2/h15-16H,3-14,17H2,1-2H3,(H,20,21). The molecule has 134 valence electrons. The quantitative estimate of drug-likeness (QED) is 0.273. The van der Waals surface area contributed by atoms with E-state index in [2.05, 4.69) is 17.0 Å². The Kier molecular flexibility index (Phi) is 16.1. The molecule has 4 nitrogen and oxygen atoms in total. The molecule has 0 aliphatic rings. The second kappa shape index (κ2) is 17.0. The molecule has 0 aromatic rings. The zero-order valence-electron chi connectivity index (χ0n) is 15.1. The molecule has 0 bridgehead atoms. The van der Waals surface area contributed by atoms with Gasteiger partial charge in [0.05, 0.1) is 7.11 Å². The summed E-state index contributed by atoms with van der Waals surface area (Å²) in [6, 6.07) is 0. The first kappa shape index (κ1) is 21.7. The van der Waals surface area contributed by atoms with Crippen molar-refractivity contribution >= 4 is 11.9 Å². The number of nitrogens with one attached hydrogen (secondary N) is 1. The Morgan fingerprint density at radius 2 is 1.26 bits per heavy atom. The number of carbonyl (C=O) groups excluding carboxylic acids is 2. The Morgan fingerprint density at radius 1 is 0.783 bits per heavy atom. The monoisotopic (exact) mass is 325 g/mol. The normalized spacial score (nSPS) is 10.9. The minimum Gasteiger partial charge on any atom is -0.466 e. The number of methoxy groups -OCH3 is 1. The summed E-state index contributed by atoms with van der Waals surface area (Å²) in [5.74, 6) is -0.746. The fraction of sp³-hybridized carbons (Fsp3) is 0.789. The van der Waals surface area contributed by atoms with Crippen LogP contribution in [-0.2, 0) is 14.3 Å². The highest BCUT2D eigenvalue weighted by atomic mass is 16.5. The Labute approximate surface area is 142 Å². The predicted molar refractivity (Wildman–Crippen MR) is 95.2 cm³/mol. The van der Waals surface area contributed by atoms with Crippen molar-refractivity contribution in [3.05, 3.63) is 12.2 Å². The van der Waals surface area contributed by atoms with Gasteiger partial charge in [0, 0.05) is 18.7 Å². The van der Waals surface area contributed by atoms with E-state index < -0.39 is 5.97 Å². The largest absolute Gasteiger partial charge is 0.466 e. The van der Waals surface area contributed by atoms with Gasteiger partial charge in [-0.2, -0.15) is 0 Å². The van der Waals surface area contributed by atoms with Crippen LogP contribution in [0.4, 0.5) is 0 Å². The Morgan fingerprint density at radius 3 is 1.74 bits per heavy atom. The number of unbranched alkanes of at least 4 members (excludes halogenated alkanes) is 11. The van der Waals surface area contributed by atoms with Crippen molar-refractivity contribution in [1.29, 1.82) is 0 Å². The smallest absolute Gasteiger partial charge is 0.330 e. The number of carbonyl (C=O) groups is 2. The predicted octanol–water partition coefficient (Wildman–Crippen LogP) is 4.53. The van der Waals surface area contributed by atoms with Gasteiger partial charge < -0.3 is 10.1 Å². The molecular formula is C19H35NO3. The van der Waals surface area contributed by atoms with Crippen LogP contribution in [0.1, 0.15) is 84.0 Å². The number of hydrogen-bond donors (Lipinski definition) is 1. The molecule has 1 amide bonds. The van der Waals surface area contributed by atoms with Crippen LogP contribution in [0.15, 0.2) is 12.2 Å². The lowest BCUT2D eigenvalue weighted by Gasteiger charge is -2.03. The van der Waals surface area contributed by atoms with Crippen molar-refractivity contribution in [3.8, 4) is 0 Å². The number of amides is 1. The minimum absolute atomic E-state index is 0.238. The molecule has 0 rings (SSSR count). The number of esters is 1. The maximum Gasteiger partial charge on any atom is 0.330 e. The maximum absolute atomic E-state index is 11.4. The van der Waals surface area contributed by atoms with Gasteiger partial charge in [-0.05, 0) is 6.42 Å². The lowest BCUT2D eigenvalue weighted by molar-refractivity contribution is -0.135. The lowest BCUT2D eigenvalue weighted by atomic mass is 10.1. The topological polar surface area (TPSA) is 55.4 Å². The van der Waals surface area contributed by atoms with Gasteiger partial charge in [-0.15, -0.1) is 0 Å². The molecule has 0 atom stereocenters. The van der Waals surface area contributed by atoms with Gasteiger partial charge in [-0.25, -0.2) is 4.79 Å². The van der Waals surface area contributed by atoms with Gasteiger partial charge in [0.15, 0.2) is 0 Å². The van der Waals surface area contributed by atoms with Crippen molar-refractivity contribution in [2.24, 2.45) is 0 Å². The van der Waals surface area contributed by atoms with Crippen molar-refractivity contribution in [2.75, 3.05) is 13.7 Å². The molecule has 1 N–H and O–H groups in total. The van der Waals surface area contributed by atoms with Crippen LogP contribution in [0.2, 0.25) is 0 Å². The molecule has 0 spiro atoms. The van der Waals surface area contributed by atoms with Gasteiger partial charge in [-0.3, -0.25) is 4.79 Å². The van der Waals surface area contributed by atoms with E-state index in [0.717, 1.165) is 18.9 Å². The van der Waals surface area contributed by atoms with E-state index in [1.54, 1.807) is 0 Å².